The molecule has 6 heteroatoms. The number of methoxy groups -OCH3 is 1. The highest BCUT2D eigenvalue weighted by atomic mass is 16.5. The van der Waals surface area contributed by atoms with E-state index >= 15 is 0 Å². The van der Waals surface area contributed by atoms with Crippen molar-refractivity contribution >= 4 is 11.9 Å². The van der Waals surface area contributed by atoms with Crippen LogP contribution in [0.25, 0.3) is 0 Å². The van der Waals surface area contributed by atoms with Crippen molar-refractivity contribution in [1.29, 1.82) is 0 Å². The van der Waals surface area contributed by atoms with Crippen LogP contribution in [0, 0.1) is 0 Å². The Labute approximate surface area is 132 Å². The fourth-order valence-electron chi connectivity index (χ4n) is 1.85. The molecule has 22 heavy (non-hydrogen) atoms. The highest BCUT2D eigenvalue weighted by molar-refractivity contribution is 5.85. The van der Waals surface area contributed by atoms with Crippen molar-refractivity contribution in [3.8, 4) is 0 Å². The molecule has 6 nitrogen and oxygen atoms in total. The van der Waals surface area contributed by atoms with Crippen LogP contribution >= 0.6 is 0 Å². The molecular formula is C16H26N4O2. The summed E-state index contributed by atoms with van der Waals surface area (Å²) in [6, 6.07) is 9.91. The molecule has 3 N–H and O–H groups in total. The zero-order chi connectivity index (χ0) is 16.2. The zero-order valence-electron chi connectivity index (χ0n) is 13.6. The van der Waals surface area contributed by atoms with Crippen LogP contribution in [0.4, 0.5) is 0 Å². The fourth-order valence-corrected chi connectivity index (χ4v) is 1.85. The van der Waals surface area contributed by atoms with E-state index in [9.17, 15) is 4.79 Å². The number of ether oxygens (including phenoxy) is 1. The van der Waals surface area contributed by atoms with Gasteiger partial charge in [0.25, 0.3) is 0 Å². The maximum atomic E-state index is 11.8. The van der Waals surface area contributed by atoms with Gasteiger partial charge in [-0.25, -0.2) is 4.99 Å². The second-order valence-corrected chi connectivity index (χ2v) is 4.96. The second kappa shape index (κ2) is 10.6. The summed E-state index contributed by atoms with van der Waals surface area (Å²) < 4.78 is 5.07. The Hall–Kier alpha value is -2.08. The van der Waals surface area contributed by atoms with Gasteiger partial charge < -0.3 is 20.7 Å². The van der Waals surface area contributed by atoms with Crippen LogP contribution in [0.2, 0.25) is 0 Å². The van der Waals surface area contributed by atoms with Crippen LogP contribution in [0.1, 0.15) is 19.4 Å². The van der Waals surface area contributed by atoms with Gasteiger partial charge in [0.05, 0.1) is 6.61 Å². The average Bonchev–Trinajstić information content (AvgIpc) is 2.52. The molecule has 0 saturated heterocycles. The van der Waals surface area contributed by atoms with Crippen LogP contribution < -0.4 is 16.0 Å². The molecule has 0 fully saturated rings. The van der Waals surface area contributed by atoms with Crippen molar-refractivity contribution in [3.63, 3.8) is 0 Å². The van der Waals surface area contributed by atoms with E-state index in [4.69, 9.17) is 4.74 Å². The van der Waals surface area contributed by atoms with E-state index in [-0.39, 0.29) is 18.5 Å². The molecule has 1 atom stereocenters. The third kappa shape index (κ3) is 7.64. The SMILES string of the molecule is CCNC(=NCC(=O)NCc1ccccc1)NC(C)COC. The minimum atomic E-state index is -0.111. The summed E-state index contributed by atoms with van der Waals surface area (Å²) in [6.45, 7) is 5.88. The number of rotatable bonds is 8. The van der Waals surface area contributed by atoms with Gasteiger partial charge in [0, 0.05) is 26.2 Å². The summed E-state index contributed by atoms with van der Waals surface area (Å²) >= 11 is 0. The van der Waals surface area contributed by atoms with E-state index in [0.29, 0.717) is 19.1 Å². The van der Waals surface area contributed by atoms with E-state index in [0.717, 1.165) is 12.1 Å². The number of carbonyl (C=O) groups is 1. The molecular weight excluding hydrogens is 280 g/mol. The van der Waals surface area contributed by atoms with Crippen LogP contribution in [-0.4, -0.2) is 44.7 Å². The number of nitrogens with one attached hydrogen (secondary N) is 3. The number of nitrogens with zero attached hydrogens (tertiary/aromatic N) is 1. The lowest BCUT2D eigenvalue weighted by atomic mass is 10.2. The minimum absolute atomic E-state index is 0.0852. The first-order valence-corrected chi connectivity index (χ1v) is 7.50. The maximum absolute atomic E-state index is 11.8. The van der Waals surface area contributed by atoms with E-state index < -0.39 is 0 Å². The van der Waals surface area contributed by atoms with E-state index in [2.05, 4.69) is 20.9 Å². The minimum Gasteiger partial charge on any atom is -0.383 e. The largest absolute Gasteiger partial charge is 0.383 e. The molecule has 1 amide bonds. The second-order valence-electron chi connectivity index (χ2n) is 4.96. The molecule has 1 aromatic rings. The molecule has 0 spiro atoms. The number of amides is 1. The van der Waals surface area contributed by atoms with Crippen LogP contribution in [-0.2, 0) is 16.1 Å². The number of guanidine groups is 1. The van der Waals surface area contributed by atoms with Crippen molar-refractivity contribution in [2.24, 2.45) is 4.99 Å². The highest BCUT2D eigenvalue weighted by Crippen LogP contribution is 1.96. The van der Waals surface area contributed by atoms with Crippen molar-refractivity contribution in [1.82, 2.24) is 16.0 Å². The summed E-state index contributed by atoms with van der Waals surface area (Å²) in [6.07, 6.45) is 0. The molecule has 1 rings (SSSR count). The fraction of sp³-hybridized carbons (Fsp3) is 0.500. The number of hydrogen-bond acceptors (Lipinski definition) is 3. The van der Waals surface area contributed by atoms with Crippen molar-refractivity contribution < 1.29 is 9.53 Å². The molecule has 0 aliphatic rings. The Morgan fingerprint density at radius 2 is 2.00 bits per heavy atom. The molecule has 0 saturated carbocycles. The Morgan fingerprint density at radius 1 is 1.27 bits per heavy atom. The van der Waals surface area contributed by atoms with Gasteiger partial charge in [-0.15, -0.1) is 0 Å². The predicted octanol–water partition coefficient (Wildman–Crippen LogP) is 0.893. The molecule has 1 aromatic carbocycles. The first kappa shape index (κ1) is 18.0. The van der Waals surface area contributed by atoms with E-state index in [1.165, 1.54) is 0 Å². The zero-order valence-corrected chi connectivity index (χ0v) is 13.6. The summed E-state index contributed by atoms with van der Waals surface area (Å²) in [5.74, 6) is 0.502. The lowest BCUT2D eigenvalue weighted by molar-refractivity contribution is -0.119. The smallest absolute Gasteiger partial charge is 0.242 e. The lowest BCUT2D eigenvalue weighted by Gasteiger charge is -2.16. The molecule has 0 aliphatic carbocycles. The van der Waals surface area contributed by atoms with Gasteiger partial charge in [0.2, 0.25) is 5.91 Å². The van der Waals surface area contributed by atoms with Crippen molar-refractivity contribution in [2.75, 3.05) is 26.8 Å². The van der Waals surface area contributed by atoms with Gasteiger partial charge in [0.15, 0.2) is 5.96 Å². The van der Waals surface area contributed by atoms with E-state index in [1.54, 1.807) is 7.11 Å². The van der Waals surface area contributed by atoms with Crippen molar-refractivity contribution in [2.45, 2.75) is 26.4 Å². The monoisotopic (exact) mass is 306 g/mol. The number of carbonyl (C=O) groups excluding carboxylic acids is 1. The first-order valence-electron chi connectivity index (χ1n) is 7.50. The van der Waals surface area contributed by atoms with E-state index in [1.807, 2.05) is 44.2 Å². The predicted molar refractivity (Wildman–Crippen MR) is 88.7 cm³/mol. The first-order chi connectivity index (χ1) is 10.7. The molecule has 0 radical (unpaired) electrons. The van der Waals surface area contributed by atoms with Crippen LogP contribution in [0.3, 0.4) is 0 Å². The highest BCUT2D eigenvalue weighted by Gasteiger charge is 2.06. The quantitative estimate of drug-likeness (QED) is 0.493. The van der Waals surface area contributed by atoms with Gasteiger partial charge in [-0.1, -0.05) is 30.3 Å². The molecule has 0 aliphatic heterocycles. The number of hydrogen-bond donors (Lipinski definition) is 3. The molecule has 0 bridgehead atoms. The topological polar surface area (TPSA) is 74.8 Å². The standard InChI is InChI=1S/C16H26N4O2/c1-4-17-16(20-13(2)12-22-3)19-11-15(21)18-10-14-8-6-5-7-9-14/h5-9,13H,4,10-12H2,1-3H3,(H,18,21)(H2,17,19,20). The van der Waals surface area contributed by atoms with Crippen molar-refractivity contribution in [3.05, 3.63) is 35.9 Å². The third-order valence-corrected chi connectivity index (χ3v) is 2.86. The Kier molecular flexibility index (Phi) is 8.67. The molecule has 122 valence electrons. The van der Waals surface area contributed by atoms with Crippen LogP contribution in [0.15, 0.2) is 35.3 Å². The van der Waals surface area contributed by atoms with Gasteiger partial charge in [0.1, 0.15) is 6.54 Å². The van der Waals surface area contributed by atoms with Gasteiger partial charge in [-0.05, 0) is 19.4 Å². The molecule has 0 heterocycles. The molecule has 1 unspecified atom stereocenters. The maximum Gasteiger partial charge on any atom is 0.242 e. The average molecular weight is 306 g/mol. The summed E-state index contributed by atoms with van der Waals surface area (Å²) in [5.41, 5.74) is 1.07. The third-order valence-electron chi connectivity index (χ3n) is 2.86. The molecule has 0 aromatic heterocycles. The van der Waals surface area contributed by atoms with Crippen LogP contribution in [0.5, 0.6) is 0 Å². The Balaban J connectivity index is 2.42. The summed E-state index contributed by atoms with van der Waals surface area (Å²) in [4.78, 5) is 16.1. The Bertz CT molecular complexity index is 462. The van der Waals surface area contributed by atoms with Gasteiger partial charge in [-0.3, -0.25) is 4.79 Å². The summed E-state index contributed by atoms with van der Waals surface area (Å²) in [5, 5.41) is 9.13. The Morgan fingerprint density at radius 3 is 2.64 bits per heavy atom. The lowest BCUT2D eigenvalue weighted by Crippen LogP contribution is -2.44. The van der Waals surface area contributed by atoms with Gasteiger partial charge >= 0.3 is 0 Å². The van der Waals surface area contributed by atoms with Gasteiger partial charge in [-0.2, -0.15) is 0 Å². The summed E-state index contributed by atoms with van der Waals surface area (Å²) in [7, 11) is 1.65. The number of benzene rings is 1. The number of aliphatic imine (C=N–C) groups is 1. The normalized spacial score (nSPS) is 12.6.